The third kappa shape index (κ3) is 1.91. The van der Waals surface area contributed by atoms with Gasteiger partial charge in [0.1, 0.15) is 0 Å². The molecule has 2 rings (SSSR count). The van der Waals surface area contributed by atoms with Crippen LogP contribution in [0.2, 0.25) is 0 Å². The molecule has 1 aliphatic heterocycles. The second kappa shape index (κ2) is 4.01. The summed E-state index contributed by atoms with van der Waals surface area (Å²) in [6.45, 7) is 3.89. The molecule has 1 heterocycles. The van der Waals surface area contributed by atoms with Crippen molar-refractivity contribution in [2.45, 2.75) is 13.8 Å². The van der Waals surface area contributed by atoms with Gasteiger partial charge in [-0.05, 0) is 37.1 Å². The molecule has 1 N–H and O–H groups in total. The quantitative estimate of drug-likeness (QED) is 0.782. The number of hydrogen-bond donors (Lipinski definition) is 1. The lowest BCUT2D eigenvalue weighted by Crippen LogP contribution is -2.30. The number of carbonyl (C=O) groups is 2. The molecule has 1 aliphatic rings. The van der Waals surface area contributed by atoms with Gasteiger partial charge < -0.3 is 5.11 Å². The molecule has 0 saturated heterocycles. The van der Waals surface area contributed by atoms with Gasteiger partial charge in [-0.3, -0.25) is 9.59 Å². The fraction of sp³-hybridized carbons (Fsp3) is 0.250. The summed E-state index contributed by atoms with van der Waals surface area (Å²) in [6, 6.07) is 5.44. The standard InChI is InChI=1S/C12H12N2O3/c1-7-3-4-9(5-8(7)2)14-11(15)10(6-13-14)12(16)17/h3-6,10H,1-2H3,(H,16,17)/t10-/m0/s1. The lowest BCUT2D eigenvalue weighted by molar-refractivity contribution is -0.142. The highest BCUT2D eigenvalue weighted by molar-refractivity contribution is 6.19. The van der Waals surface area contributed by atoms with Gasteiger partial charge in [-0.15, -0.1) is 0 Å². The van der Waals surface area contributed by atoms with E-state index in [0.29, 0.717) is 5.69 Å². The van der Waals surface area contributed by atoms with E-state index in [1.165, 1.54) is 0 Å². The zero-order valence-corrected chi connectivity index (χ0v) is 9.54. The highest BCUT2D eigenvalue weighted by Crippen LogP contribution is 2.23. The van der Waals surface area contributed by atoms with Crippen molar-refractivity contribution in [2.24, 2.45) is 11.0 Å². The van der Waals surface area contributed by atoms with Gasteiger partial charge in [0, 0.05) is 6.21 Å². The first-order valence-corrected chi connectivity index (χ1v) is 5.19. The summed E-state index contributed by atoms with van der Waals surface area (Å²) in [5.41, 5.74) is 2.74. The number of hydrogen-bond acceptors (Lipinski definition) is 3. The minimum Gasteiger partial charge on any atom is -0.480 e. The molecule has 0 aliphatic carbocycles. The maximum atomic E-state index is 11.8. The molecule has 1 aromatic rings. The van der Waals surface area contributed by atoms with Gasteiger partial charge in [-0.1, -0.05) is 6.07 Å². The van der Waals surface area contributed by atoms with Gasteiger partial charge in [0.2, 0.25) is 0 Å². The Labute approximate surface area is 98.4 Å². The summed E-state index contributed by atoms with van der Waals surface area (Å²) in [4.78, 5) is 22.5. The van der Waals surface area contributed by atoms with Gasteiger partial charge in [-0.2, -0.15) is 10.1 Å². The van der Waals surface area contributed by atoms with E-state index in [2.05, 4.69) is 5.10 Å². The number of aryl methyl sites for hydroxylation is 2. The number of amides is 1. The third-order valence-corrected chi connectivity index (χ3v) is 2.81. The number of carboxylic acid groups (broad SMARTS) is 1. The van der Waals surface area contributed by atoms with E-state index in [4.69, 9.17) is 5.11 Å². The van der Waals surface area contributed by atoms with Crippen LogP contribution in [-0.2, 0) is 9.59 Å². The Bertz CT molecular complexity index is 522. The molecule has 0 bridgehead atoms. The van der Waals surface area contributed by atoms with E-state index >= 15 is 0 Å². The number of anilines is 1. The number of rotatable bonds is 2. The second-order valence-electron chi connectivity index (χ2n) is 4.00. The lowest BCUT2D eigenvalue weighted by Gasteiger charge is -2.14. The van der Waals surface area contributed by atoms with Crippen LogP contribution in [0.15, 0.2) is 23.3 Å². The Kier molecular flexibility index (Phi) is 2.67. The molecule has 0 unspecified atom stereocenters. The molecule has 1 aromatic carbocycles. The molecule has 0 radical (unpaired) electrons. The molecule has 88 valence electrons. The molecular weight excluding hydrogens is 220 g/mol. The van der Waals surface area contributed by atoms with Crippen molar-refractivity contribution in [2.75, 3.05) is 5.01 Å². The first-order chi connectivity index (χ1) is 8.00. The summed E-state index contributed by atoms with van der Waals surface area (Å²) in [6.07, 6.45) is 1.15. The number of carbonyl (C=O) groups excluding carboxylic acids is 1. The maximum Gasteiger partial charge on any atom is 0.321 e. The average Bonchev–Trinajstić information content (AvgIpc) is 2.64. The number of aliphatic carboxylic acids is 1. The van der Waals surface area contributed by atoms with E-state index in [9.17, 15) is 9.59 Å². The molecule has 17 heavy (non-hydrogen) atoms. The molecule has 5 nitrogen and oxygen atoms in total. The number of carboxylic acids is 1. The zero-order chi connectivity index (χ0) is 12.6. The van der Waals surface area contributed by atoms with Crippen molar-refractivity contribution in [1.82, 2.24) is 0 Å². The summed E-state index contributed by atoms with van der Waals surface area (Å²) in [5, 5.41) is 13.8. The van der Waals surface area contributed by atoms with E-state index in [1.807, 2.05) is 26.0 Å². The van der Waals surface area contributed by atoms with Gasteiger partial charge in [0.15, 0.2) is 5.92 Å². The van der Waals surface area contributed by atoms with Crippen molar-refractivity contribution in [3.63, 3.8) is 0 Å². The van der Waals surface area contributed by atoms with Crippen LogP contribution in [0, 0.1) is 19.8 Å². The molecule has 0 aromatic heterocycles. The predicted molar refractivity (Wildman–Crippen MR) is 63.0 cm³/mol. The highest BCUT2D eigenvalue weighted by Gasteiger charge is 2.35. The third-order valence-electron chi connectivity index (χ3n) is 2.81. The maximum absolute atomic E-state index is 11.8. The van der Waals surface area contributed by atoms with Crippen LogP contribution in [-0.4, -0.2) is 23.2 Å². The van der Waals surface area contributed by atoms with E-state index in [-0.39, 0.29) is 0 Å². The zero-order valence-electron chi connectivity index (χ0n) is 9.54. The van der Waals surface area contributed by atoms with Crippen LogP contribution >= 0.6 is 0 Å². The van der Waals surface area contributed by atoms with Crippen LogP contribution < -0.4 is 5.01 Å². The smallest absolute Gasteiger partial charge is 0.321 e. The monoisotopic (exact) mass is 232 g/mol. The molecule has 1 amide bonds. The highest BCUT2D eigenvalue weighted by atomic mass is 16.4. The van der Waals surface area contributed by atoms with Crippen LogP contribution in [0.3, 0.4) is 0 Å². The Morgan fingerprint density at radius 3 is 2.59 bits per heavy atom. The molecule has 0 spiro atoms. The lowest BCUT2D eigenvalue weighted by atomic mass is 10.1. The van der Waals surface area contributed by atoms with Gasteiger partial charge >= 0.3 is 5.97 Å². The largest absolute Gasteiger partial charge is 0.480 e. The van der Waals surface area contributed by atoms with Gasteiger partial charge in [0.05, 0.1) is 5.69 Å². The summed E-state index contributed by atoms with van der Waals surface area (Å²) in [5.74, 6) is -2.87. The average molecular weight is 232 g/mol. The molecule has 0 saturated carbocycles. The minimum absolute atomic E-state index is 0.527. The fourth-order valence-electron chi connectivity index (χ4n) is 1.61. The fourth-order valence-corrected chi connectivity index (χ4v) is 1.61. The Morgan fingerprint density at radius 1 is 1.35 bits per heavy atom. The Hall–Kier alpha value is -2.17. The topological polar surface area (TPSA) is 70.0 Å². The van der Waals surface area contributed by atoms with Crippen LogP contribution in [0.1, 0.15) is 11.1 Å². The van der Waals surface area contributed by atoms with Gasteiger partial charge in [0.25, 0.3) is 5.91 Å². The van der Waals surface area contributed by atoms with Crippen molar-refractivity contribution < 1.29 is 14.7 Å². The predicted octanol–water partition coefficient (Wildman–Crippen LogP) is 1.34. The van der Waals surface area contributed by atoms with Crippen molar-refractivity contribution in [3.05, 3.63) is 29.3 Å². The van der Waals surface area contributed by atoms with Crippen LogP contribution in [0.4, 0.5) is 5.69 Å². The van der Waals surface area contributed by atoms with E-state index in [1.54, 1.807) is 6.07 Å². The molecule has 1 atom stereocenters. The number of nitrogens with zero attached hydrogens (tertiary/aromatic N) is 2. The van der Waals surface area contributed by atoms with E-state index in [0.717, 1.165) is 22.4 Å². The van der Waals surface area contributed by atoms with Gasteiger partial charge in [-0.25, -0.2) is 0 Å². The van der Waals surface area contributed by atoms with E-state index < -0.39 is 17.8 Å². The summed E-state index contributed by atoms with van der Waals surface area (Å²) >= 11 is 0. The summed E-state index contributed by atoms with van der Waals surface area (Å²) < 4.78 is 0. The second-order valence-corrected chi connectivity index (χ2v) is 4.00. The first-order valence-electron chi connectivity index (χ1n) is 5.19. The number of hydrazone groups is 1. The van der Waals surface area contributed by atoms with Crippen LogP contribution in [0.5, 0.6) is 0 Å². The SMILES string of the molecule is Cc1ccc(N2N=C[C@H](C(=O)O)C2=O)cc1C. The number of benzene rings is 1. The molecular formula is C12H12N2O3. The van der Waals surface area contributed by atoms with Crippen molar-refractivity contribution in [3.8, 4) is 0 Å². The molecule has 5 heteroatoms. The molecule has 0 fully saturated rings. The van der Waals surface area contributed by atoms with Crippen molar-refractivity contribution in [1.29, 1.82) is 0 Å². The first kappa shape index (κ1) is 11.3. The Balaban J connectivity index is 2.31. The summed E-state index contributed by atoms with van der Waals surface area (Å²) in [7, 11) is 0. The normalized spacial score (nSPS) is 18.8. The Morgan fingerprint density at radius 2 is 2.06 bits per heavy atom. The van der Waals surface area contributed by atoms with Crippen LogP contribution in [0.25, 0.3) is 0 Å². The van der Waals surface area contributed by atoms with Crippen molar-refractivity contribution >= 4 is 23.8 Å². The minimum atomic E-state index is -1.18.